The summed E-state index contributed by atoms with van der Waals surface area (Å²) in [5.74, 6) is 0.892. The van der Waals surface area contributed by atoms with Crippen molar-refractivity contribution in [3.63, 3.8) is 0 Å². The number of carbonyl (C=O) groups excluding carboxylic acids is 1. The quantitative estimate of drug-likeness (QED) is 0.705. The van der Waals surface area contributed by atoms with Crippen LogP contribution in [0.5, 0.6) is 0 Å². The largest absolute Gasteiger partial charge is 0.369 e. The normalized spacial score (nSPS) is 11.0. The third kappa shape index (κ3) is 3.66. The van der Waals surface area contributed by atoms with Gasteiger partial charge >= 0.3 is 0 Å². The Labute approximate surface area is 152 Å². The molecular weight excluding hydrogens is 328 g/mol. The van der Waals surface area contributed by atoms with Gasteiger partial charge in [0.1, 0.15) is 5.82 Å². The highest BCUT2D eigenvalue weighted by Gasteiger charge is 2.18. The summed E-state index contributed by atoms with van der Waals surface area (Å²) in [6, 6.07) is 10.1. The molecule has 0 saturated carbocycles. The molecule has 0 bridgehead atoms. The van der Waals surface area contributed by atoms with Crippen LogP contribution in [0, 0.1) is 13.8 Å². The Hall–Kier alpha value is -2.96. The Balaban J connectivity index is 1.95. The number of primary amides is 1. The zero-order valence-electron chi connectivity index (χ0n) is 15.4. The molecule has 7 heteroatoms. The topological polar surface area (TPSA) is 91.6 Å². The summed E-state index contributed by atoms with van der Waals surface area (Å²) in [6.45, 7) is 6.91. The zero-order chi connectivity index (χ0) is 18.7. The first-order chi connectivity index (χ1) is 12.5. The van der Waals surface area contributed by atoms with Crippen LogP contribution in [0.25, 0.3) is 5.69 Å². The maximum absolute atomic E-state index is 11.2. The van der Waals surface area contributed by atoms with E-state index in [2.05, 4.69) is 23.9 Å². The van der Waals surface area contributed by atoms with E-state index >= 15 is 0 Å². The van der Waals surface area contributed by atoms with Crippen molar-refractivity contribution in [2.75, 3.05) is 0 Å². The monoisotopic (exact) mass is 352 g/mol. The highest BCUT2D eigenvalue weighted by molar-refractivity contribution is 5.75. The molecule has 0 spiro atoms. The van der Waals surface area contributed by atoms with E-state index in [0.29, 0.717) is 12.2 Å². The summed E-state index contributed by atoms with van der Waals surface area (Å²) in [4.78, 5) is 15.7. The molecule has 0 fully saturated rings. The highest BCUT2D eigenvalue weighted by Crippen LogP contribution is 2.20. The molecule has 0 radical (unpaired) electrons. The molecule has 3 aromatic rings. The molecule has 2 heterocycles. The Bertz CT molecular complexity index is 910. The molecule has 0 saturated heterocycles. The molecule has 1 aromatic carbocycles. The summed E-state index contributed by atoms with van der Waals surface area (Å²) in [5.41, 5.74) is 9.49. The minimum Gasteiger partial charge on any atom is -0.369 e. The van der Waals surface area contributed by atoms with Gasteiger partial charge in [-0.2, -0.15) is 10.2 Å². The maximum atomic E-state index is 11.2. The lowest BCUT2D eigenvalue weighted by atomic mass is 10.1. The summed E-state index contributed by atoms with van der Waals surface area (Å²) >= 11 is 0. The first-order valence-electron chi connectivity index (χ1n) is 8.81. The van der Waals surface area contributed by atoms with Crippen LogP contribution in [-0.2, 0) is 24.2 Å². The van der Waals surface area contributed by atoms with Crippen molar-refractivity contribution in [3.05, 3.63) is 58.9 Å². The van der Waals surface area contributed by atoms with Crippen LogP contribution in [0.2, 0.25) is 0 Å². The number of nitrogens with two attached hydrogens (primary N) is 1. The summed E-state index contributed by atoms with van der Waals surface area (Å²) in [6.07, 6.45) is 1.62. The predicted molar refractivity (Wildman–Crippen MR) is 99.1 cm³/mol. The summed E-state index contributed by atoms with van der Waals surface area (Å²) in [5, 5.41) is 9.13. The van der Waals surface area contributed by atoms with Crippen molar-refractivity contribution >= 4 is 5.91 Å². The van der Waals surface area contributed by atoms with Crippen molar-refractivity contribution < 1.29 is 4.79 Å². The Morgan fingerprint density at radius 2 is 1.88 bits per heavy atom. The fourth-order valence-electron chi connectivity index (χ4n) is 3.09. The summed E-state index contributed by atoms with van der Waals surface area (Å²) in [7, 11) is 0. The van der Waals surface area contributed by atoms with Crippen molar-refractivity contribution in [2.24, 2.45) is 5.73 Å². The van der Waals surface area contributed by atoms with Gasteiger partial charge in [-0.25, -0.2) is 14.3 Å². The molecule has 2 N–H and O–H groups in total. The average Bonchev–Trinajstić information content (AvgIpc) is 3.10. The van der Waals surface area contributed by atoms with Gasteiger partial charge in [-0.05, 0) is 32.4 Å². The van der Waals surface area contributed by atoms with E-state index in [4.69, 9.17) is 10.8 Å². The second-order valence-corrected chi connectivity index (χ2v) is 6.38. The first-order valence-corrected chi connectivity index (χ1v) is 8.81. The average molecular weight is 352 g/mol. The van der Waals surface area contributed by atoms with Gasteiger partial charge in [0.2, 0.25) is 5.91 Å². The van der Waals surface area contributed by atoms with E-state index in [1.54, 1.807) is 0 Å². The number of benzene rings is 1. The lowest BCUT2D eigenvalue weighted by molar-refractivity contribution is -0.117. The van der Waals surface area contributed by atoms with Crippen molar-refractivity contribution in [3.8, 4) is 5.69 Å². The number of amides is 1. The van der Waals surface area contributed by atoms with Gasteiger partial charge in [-0.1, -0.05) is 25.1 Å². The number of hydrogen-bond acceptors (Lipinski definition) is 4. The molecule has 0 unspecified atom stereocenters. The Morgan fingerprint density at radius 1 is 1.15 bits per heavy atom. The van der Waals surface area contributed by atoms with Gasteiger partial charge in [0, 0.05) is 24.2 Å². The van der Waals surface area contributed by atoms with Gasteiger partial charge in [0.15, 0.2) is 5.82 Å². The second-order valence-electron chi connectivity index (χ2n) is 6.38. The lowest BCUT2D eigenvalue weighted by Crippen LogP contribution is -2.14. The predicted octanol–water partition coefficient (Wildman–Crippen LogP) is 2.11. The number of nitrogens with zero attached hydrogens (tertiary/aromatic N) is 5. The van der Waals surface area contributed by atoms with Crippen molar-refractivity contribution in [2.45, 2.75) is 46.6 Å². The van der Waals surface area contributed by atoms with Crippen LogP contribution in [0.1, 0.15) is 41.9 Å². The fourth-order valence-corrected chi connectivity index (χ4v) is 3.09. The van der Waals surface area contributed by atoms with Gasteiger partial charge in [0.25, 0.3) is 0 Å². The fraction of sp³-hybridized carbons (Fsp3) is 0.368. The van der Waals surface area contributed by atoms with E-state index in [9.17, 15) is 4.79 Å². The smallest absolute Gasteiger partial charge is 0.225 e. The van der Waals surface area contributed by atoms with Gasteiger partial charge in [0.05, 0.1) is 17.8 Å². The molecule has 26 heavy (non-hydrogen) atoms. The highest BCUT2D eigenvalue weighted by atomic mass is 16.1. The van der Waals surface area contributed by atoms with E-state index in [-0.39, 0.29) is 6.42 Å². The number of para-hydroxylation sites is 1. The van der Waals surface area contributed by atoms with Crippen LogP contribution in [0.15, 0.2) is 30.3 Å². The van der Waals surface area contributed by atoms with Gasteiger partial charge < -0.3 is 5.73 Å². The van der Waals surface area contributed by atoms with Crippen molar-refractivity contribution in [1.82, 2.24) is 24.5 Å². The van der Waals surface area contributed by atoms with Crippen LogP contribution in [0.3, 0.4) is 0 Å². The molecule has 1 amide bonds. The van der Waals surface area contributed by atoms with Crippen LogP contribution in [-0.4, -0.2) is 30.5 Å². The molecule has 0 atom stereocenters. The van der Waals surface area contributed by atoms with E-state index < -0.39 is 5.91 Å². The summed E-state index contributed by atoms with van der Waals surface area (Å²) < 4.78 is 3.83. The van der Waals surface area contributed by atoms with E-state index in [1.165, 1.54) is 0 Å². The molecule has 136 valence electrons. The minimum atomic E-state index is -0.422. The molecule has 0 aliphatic carbocycles. The molecule has 3 rings (SSSR count). The number of aromatic nitrogens is 5. The standard InChI is InChI=1S/C19H24N6O/c1-4-10-24-19(21-18(23-24)12-17(20)26)11-16-13(2)22-25(14(16)3)15-8-6-5-7-9-15/h5-9H,4,10-12H2,1-3H3,(H2,20,26). The number of rotatable bonds is 7. The zero-order valence-corrected chi connectivity index (χ0v) is 15.4. The lowest BCUT2D eigenvalue weighted by Gasteiger charge is -2.06. The van der Waals surface area contributed by atoms with Gasteiger partial charge in [-0.3, -0.25) is 4.79 Å². The molecule has 2 aromatic heterocycles. The van der Waals surface area contributed by atoms with E-state index in [0.717, 1.165) is 41.4 Å². The van der Waals surface area contributed by atoms with Crippen LogP contribution < -0.4 is 5.73 Å². The third-order valence-corrected chi connectivity index (χ3v) is 4.34. The number of hydrogen-bond donors (Lipinski definition) is 1. The molecule has 0 aliphatic rings. The van der Waals surface area contributed by atoms with Gasteiger partial charge in [-0.15, -0.1) is 0 Å². The number of aryl methyl sites for hydroxylation is 2. The Kier molecular flexibility index (Phi) is 5.16. The molecule has 0 aliphatic heterocycles. The third-order valence-electron chi connectivity index (χ3n) is 4.34. The van der Waals surface area contributed by atoms with E-state index in [1.807, 2.05) is 46.6 Å². The van der Waals surface area contributed by atoms with Crippen LogP contribution in [0.4, 0.5) is 0 Å². The first kappa shape index (κ1) is 17.8. The second kappa shape index (κ2) is 7.51. The molecule has 7 nitrogen and oxygen atoms in total. The minimum absolute atomic E-state index is 0.0605. The van der Waals surface area contributed by atoms with Crippen molar-refractivity contribution in [1.29, 1.82) is 0 Å². The molecular formula is C19H24N6O. The van der Waals surface area contributed by atoms with Crippen LogP contribution >= 0.6 is 0 Å². The SMILES string of the molecule is CCCn1nc(CC(N)=O)nc1Cc1c(C)nn(-c2ccccc2)c1C. The number of carbonyl (C=O) groups is 1. The Morgan fingerprint density at radius 3 is 2.54 bits per heavy atom. The maximum Gasteiger partial charge on any atom is 0.225 e.